The van der Waals surface area contributed by atoms with Crippen LogP contribution >= 0.6 is 0 Å². The number of amides is 2. The molecule has 0 unspecified atom stereocenters. The van der Waals surface area contributed by atoms with Crippen molar-refractivity contribution in [2.75, 3.05) is 32.8 Å². The van der Waals surface area contributed by atoms with Crippen LogP contribution in [0.15, 0.2) is 30.3 Å². The predicted molar refractivity (Wildman–Crippen MR) is 83.9 cm³/mol. The Bertz CT molecular complexity index is 577. The number of rotatable bonds is 5. The zero-order chi connectivity index (χ0) is 16.3. The molecule has 1 aromatic rings. The molecule has 0 aliphatic carbocycles. The summed E-state index contributed by atoms with van der Waals surface area (Å²) in [6.45, 7) is 1.67. The van der Waals surface area contributed by atoms with E-state index in [9.17, 15) is 14.7 Å². The van der Waals surface area contributed by atoms with E-state index in [0.717, 1.165) is 6.42 Å². The first-order valence-electron chi connectivity index (χ1n) is 8.02. The van der Waals surface area contributed by atoms with E-state index >= 15 is 0 Å². The lowest BCUT2D eigenvalue weighted by atomic mass is 10.1. The number of carbonyl (C=O) groups is 2. The largest absolute Gasteiger partial charge is 0.491 e. The number of hydrogen-bond acceptors (Lipinski definition) is 4. The molecule has 2 fully saturated rings. The first-order valence-corrected chi connectivity index (χ1v) is 8.02. The minimum atomic E-state index is -1.03. The van der Waals surface area contributed by atoms with E-state index in [1.165, 1.54) is 0 Å². The van der Waals surface area contributed by atoms with Crippen LogP contribution in [0.4, 0.5) is 0 Å². The second kappa shape index (κ2) is 6.58. The minimum absolute atomic E-state index is 0.0419. The maximum absolute atomic E-state index is 12.3. The Kier molecular flexibility index (Phi) is 4.52. The summed E-state index contributed by atoms with van der Waals surface area (Å²) < 4.78 is 5.62. The Balaban J connectivity index is 1.50. The summed E-state index contributed by atoms with van der Waals surface area (Å²) in [4.78, 5) is 27.1. The molecule has 0 bridgehead atoms. The zero-order valence-corrected chi connectivity index (χ0v) is 13.1. The lowest BCUT2D eigenvalue weighted by molar-refractivity contribution is -0.138. The van der Waals surface area contributed by atoms with Crippen molar-refractivity contribution in [3.8, 4) is 5.75 Å². The van der Waals surface area contributed by atoms with Crippen molar-refractivity contribution in [2.45, 2.75) is 24.9 Å². The second-order valence-corrected chi connectivity index (χ2v) is 6.31. The van der Waals surface area contributed by atoms with Gasteiger partial charge in [0.15, 0.2) is 0 Å². The van der Waals surface area contributed by atoms with Crippen LogP contribution in [-0.4, -0.2) is 65.1 Å². The molecular weight excluding hydrogens is 296 g/mol. The highest BCUT2D eigenvalue weighted by molar-refractivity contribution is 5.86. The van der Waals surface area contributed by atoms with Gasteiger partial charge in [-0.1, -0.05) is 18.2 Å². The van der Waals surface area contributed by atoms with Crippen molar-refractivity contribution in [1.29, 1.82) is 0 Å². The monoisotopic (exact) mass is 318 g/mol. The molecule has 1 atom stereocenters. The highest BCUT2D eigenvalue weighted by Crippen LogP contribution is 2.23. The van der Waals surface area contributed by atoms with Gasteiger partial charge >= 0.3 is 0 Å². The second-order valence-electron chi connectivity index (χ2n) is 6.31. The van der Waals surface area contributed by atoms with E-state index in [0.29, 0.717) is 31.7 Å². The van der Waals surface area contributed by atoms with Gasteiger partial charge < -0.3 is 19.6 Å². The molecule has 2 saturated heterocycles. The fraction of sp³-hybridized carbons (Fsp3) is 0.529. The van der Waals surface area contributed by atoms with Crippen LogP contribution in [0, 0.1) is 0 Å². The lowest BCUT2D eigenvalue weighted by Gasteiger charge is -2.25. The molecule has 124 valence electrons. The van der Waals surface area contributed by atoms with Crippen LogP contribution in [0.3, 0.4) is 0 Å². The Morgan fingerprint density at radius 1 is 1.26 bits per heavy atom. The van der Waals surface area contributed by atoms with Gasteiger partial charge in [0.25, 0.3) is 0 Å². The van der Waals surface area contributed by atoms with E-state index < -0.39 is 5.60 Å². The van der Waals surface area contributed by atoms with Crippen molar-refractivity contribution in [3.05, 3.63) is 30.3 Å². The number of likely N-dealkylation sites (tertiary alicyclic amines) is 2. The normalized spacial score (nSPS) is 24.3. The third kappa shape index (κ3) is 3.82. The Labute approximate surface area is 135 Å². The fourth-order valence-electron chi connectivity index (χ4n) is 3.06. The quantitative estimate of drug-likeness (QED) is 0.865. The summed E-state index contributed by atoms with van der Waals surface area (Å²) in [6, 6.07) is 9.31. The number of benzene rings is 1. The molecule has 6 heteroatoms. The maximum atomic E-state index is 12.3. The number of para-hydroxylation sites is 1. The molecule has 2 aliphatic rings. The number of ether oxygens (including phenoxy) is 1. The highest BCUT2D eigenvalue weighted by atomic mass is 16.5. The molecule has 0 saturated carbocycles. The first-order chi connectivity index (χ1) is 11.1. The first kappa shape index (κ1) is 15.8. The number of carbonyl (C=O) groups excluding carboxylic acids is 2. The minimum Gasteiger partial charge on any atom is -0.491 e. The average Bonchev–Trinajstić information content (AvgIpc) is 3.14. The third-order valence-electron chi connectivity index (χ3n) is 4.43. The highest BCUT2D eigenvalue weighted by Gasteiger charge is 2.39. The number of nitrogens with zero attached hydrogens (tertiary/aromatic N) is 2. The van der Waals surface area contributed by atoms with Gasteiger partial charge in [-0.25, -0.2) is 0 Å². The SMILES string of the molecule is O=C1CCCN1CC(=O)N1CC[C@](O)(COc2ccccc2)C1. The smallest absolute Gasteiger partial charge is 0.242 e. The summed E-state index contributed by atoms with van der Waals surface area (Å²) in [5, 5.41) is 10.6. The van der Waals surface area contributed by atoms with Gasteiger partial charge in [0.2, 0.25) is 11.8 Å². The number of aliphatic hydroxyl groups is 1. The number of hydrogen-bond donors (Lipinski definition) is 1. The molecular formula is C17H22N2O4. The summed E-state index contributed by atoms with van der Waals surface area (Å²) in [5.41, 5.74) is -1.03. The molecule has 2 amide bonds. The van der Waals surface area contributed by atoms with Crippen LogP contribution in [0.5, 0.6) is 5.75 Å². The van der Waals surface area contributed by atoms with Crippen molar-refractivity contribution in [2.24, 2.45) is 0 Å². The van der Waals surface area contributed by atoms with Crippen molar-refractivity contribution < 1.29 is 19.4 Å². The zero-order valence-electron chi connectivity index (χ0n) is 13.1. The van der Waals surface area contributed by atoms with Crippen molar-refractivity contribution in [3.63, 3.8) is 0 Å². The third-order valence-corrected chi connectivity index (χ3v) is 4.43. The van der Waals surface area contributed by atoms with Gasteiger partial charge in [-0.05, 0) is 25.0 Å². The van der Waals surface area contributed by atoms with Gasteiger partial charge in [0.05, 0.1) is 13.1 Å². The van der Waals surface area contributed by atoms with E-state index in [2.05, 4.69) is 0 Å². The van der Waals surface area contributed by atoms with Gasteiger partial charge in [0.1, 0.15) is 18.0 Å². The maximum Gasteiger partial charge on any atom is 0.242 e. The van der Waals surface area contributed by atoms with Gasteiger partial charge in [0, 0.05) is 19.5 Å². The van der Waals surface area contributed by atoms with Crippen LogP contribution in [0.25, 0.3) is 0 Å². The standard InChI is InChI=1S/C17H22N2O4/c20-15-7-4-9-18(15)11-16(21)19-10-8-17(22,12-19)13-23-14-5-2-1-3-6-14/h1-3,5-6,22H,4,7-13H2/t17-/m1/s1. The van der Waals surface area contributed by atoms with Crippen molar-refractivity contribution in [1.82, 2.24) is 9.80 Å². The summed E-state index contributed by atoms with van der Waals surface area (Å²) in [6.07, 6.45) is 1.84. The molecule has 1 aromatic carbocycles. The molecule has 0 spiro atoms. The molecule has 0 radical (unpaired) electrons. The van der Waals surface area contributed by atoms with Gasteiger partial charge in [-0.2, -0.15) is 0 Å². The molecule has 6 nitrogen and oxygen atoms in total. The Hall–Kier alpha value is -2.08. The van der Waals surface area contributed by atoms with Crippen LogP contribution in [0.2, 0.25) is 0 Å². The molecule has 3 rings (SSSR count). The molecule has 23 heavy (non-hydrogen) atoms. The van der Waals surface area contributed by atoms with E-state index in [1.54, 1.807) is 9.80 Å². The van der Waals surface area contributed by atoms with Crippen LogP contribution < -0.4 is 4.74 Å². The van der Waals surface area contributed by atoms with Gasteiger partial charge in [-0.3, -0.25) is 9.59 Å². The van der Waals surface area contributed by atoms with E-state index in [4.69, 9.17) is 4.74 Å². The number of β-amino-alcohol motifs (C(OH)–C–C–N with tert-alkyl or cyclic N) is 1. The van der Waals surface area contributed by atoms with E-state index in [-0.39, 0.29) is 31.5 Å². The summed E-state index contributed by atoms with van der Waals surface area (Å²) in [5.74, 6) is 0.643. The molecule has 2 aliphatic heterocycles. The Morgan fingerprint density at radius 3 is 2.74 bits per heavy atom. The van der Waals surface area contributed by atoms with E-state index in [1.807, 2.05) is 30.3 Å². The molecule has 1 N–H and O–H groups in total. The summed E-state index contributed by atoms with van der Waals surface area (Å²) >= 11 is 0. The van der Waals surface area contributed by atoms with Crippen LogP contribution in [0.1, 0.15) is 19.3 Å². The fourth-order valence-corrected chi connectivity index (χ4v) is 3.06. The summed E-state index contributed by atoms with van der Waals surface area (Å²) in [7, 11) is 0. The van der Waals surface area contributed by atoms with Crippen molar-refractivity contribution >= 4 is 11.8 Å². The lowest BCUT2D eigenvalue weighted by Crippen LogP contribution is -2.44. The Morgan fingerprint density at radius 2 is 2.04 bits per heavy atom. The predicted octanol–water partition coefficient (Wildman–Crippen LogP) is 0.651. The molecule has 2 heterocycles. The van der Waals surface area contributed by atoms with Gasteiger partial charge in [-0.15, -0.1) is 0 Å². The average molecular weight is 318 g/mol. The van der Waals surface area contributed by atoms with Crippen LogP contribution in [-0.2, 0) is 9.59 Å². The topological polar surface area (TPSA) is 70.1 Å². The molecule has 0 aromatic heterocycles.